The molecule has 1 aliphatic rings. The molecule has 1 N–H and O–H groups in total. The summed E-state index contributed by atoms with van der Waals surface area (Å²) >= 11 is 0. The molecular weight excluding hydrogens is 306 g/mol. The van der Waals surface area contributed by atoms with Crippen LogP contribution in [0.3, 0.4) is 0 Å². The minimum absolute atomic E-state index is 0.0774. The van der Waals surface area contributed by atoms with Gasteiger partial charge in [-0.15, -0.1) is 0 Å². The van der Waals surface area contributed by atoms with Crippen molar-refractivity contribution in [2.24, 2.45) is 0 Å². The minimum atomic E-state index is -0.457. The van der Waals surface area contributed by atoms with Crippen molar-refractivity contribution in [1.29, 1.82) is 5.26 Å². The topological polar surface area (TPSA) is 74.6 Å². The SMILES string of the molecule is COc1ccc(OC)c(NC(=O)/C(C#N)=C\N2CCCCC2C)c1. The zero-order valence-electron chi connectivity index (χ0n) is 14.3. The van der Waals surface area contributed by atoms with E-state index in [9.17, 15) is 10.1 Å². The first kappa shape index (κ1) is 17.7. The number of hydrogen-bond acceptors (Lipinski definition) is 5. The molecule has 1 aromatic carbocycles. The van der Waals surface area contributed by atoms with Gasteiger partial charge < -0.3 is 19.7 Å². The van der Waals surface area contributed by atoms with Gasteiger partial charge in [0.25, 0.3) is 5.91 Å². The Labute approximate surface area is 142 Å². The Hall–Kier alpha value is -2.68. The quantitative estimate of drug-likeness (QED) is 0.664. The first-order valence-electron chi connectivity index (χ1n) is 8.00. The Morgan fingerprint density at radius 1 is 1.38 bits per heavy atom. The van der Waals surface area contributed by atoms with Crippen molar-refractivity contribution in [3.05, 3.63) is 30.0 Å². The number of nitrogens with zero attached hydrogens (tertiary/aromatic N) is 2. The lowest BCUT2D eigenvalue weighted by atomic mass is 10.0. The summed E-state index contributed by atoms with van der Waals surface area (Å²) in [4.78, 5) is 14.5. The number of nitriles is 1. The van der Waals surface area contributed by atoms with Crippen molar-refractivity contribution < 1.29 is 14.3 Å². The van der Waals surface area contributed by atoms with Gasteiger partial charge in [-0.1, -0.05) is 0 Å². The van der Waals surface area contributed by atoms with E-state index < -0.39 is 5.91 Å². The predicted octanol–water partition coefficient (Wildman–Crippen LogP) is 2.92. The molecule has 1 saturated heterocycles. The fraction of sp³-hybridized carbons (Fsp3) is 0.444. The molecule has 1 fully saturated rings. The molecule has 6 nitrogen and oxygen atoms in total. The second-order valence-corrected chi connectivity index (χ2v) is 5.76. The van der Waals surface area contributed by atoms with E-state index in [-0.39, 0.29) is 5.57 Å². The summed E-state index contributed by atoms with van der Waals surface area (Å²) in [6.07, 6.45) is 4.98. The summed E-state index contributed by atoms with van der Waals surface area (Å²) in [7, 11) is 3.07. The summed E-state index contributed by atoms with van der Waals surface area (Å²) < 4.78 is 10.4. The summed E-state index contributed by atoms with van der Waals surface area (Å²) in [5.74, 6) is 0.646. The van der Waals surface area contributed by atoms with Gasteiger partial charge in [0.15, 0.2) is 0 Å². The van der Waals surface area contributed by atoms with Crippen LogP contribution < -0.4 is 14.8 Å². The number of piperidine rings is 1. The number of benzene rings is 1. The lowest BCUT2D eigenvalue weighted by Crippen LogP contribution is -2.34. The molecule has 0 spiro atoms. The average Bonchev–Trinajstić information content (AvgIpc) is 2.60. The fourth-order valence-electron chi connectivity index (χ4n) is 2.72. The van der Waals surface area contributed by atoms with E-state index in [1.165, 1.54) is 13.5 Å². The van der Waals surface area contributed by atoms with Crippen LogP contribution in [-0.2, 0) is 4.79 Å². The first-order chi connectivity index (χ1) is 11.6. The van der Waals surface area contributed by atoms with Crippen LogP contribution in [0.15, 0.2) is 30.0 Å². The molecule has 2 rings (SSSR count). The minimum Gasteiger partial charge on any atom is -0.497 e. The zero-order chi connectivity index (χ0) is 17.5. The third-order valence-corrected chi connectivity index (χ3v) is 4.17. The molecular formula is C18H23N3O3. The van der Waals surface area contributed by atoms with Gasteiger partial charge in [-0.05, 0) is 38.3 Å². The molecule has 0 radical (unpaired) electrons. The Morgan fingerprint density at radius 2 is 2.17 bits per heavy atom. The molecule has 0 aliphatic carbocycles. The molecule has 24 heavy (non-hydrogen) atoms. The number of rotatable bonds is 5. The average molecular weight is 329 g/mol. The van der Waals surface area contributed by atoms with Gasteiger partial charge in [-0.3, -0.25) is 4.79 Å². The van der Waals surface area contributed by atoms with Crippen LogP contribution in [0.4, 0.5) is 5.69 Å². The Balaban J connectivity index is 2.19. The van der Waals surface area contributed by atoms with E-state index in [1.54, 1.807) is 31.5 Å². The number of anilines is 1. The summed E-state index contributed by atoms with van der Waals surface area (Å²) in [6.45, 7) is 2.97. The monoisotopic (exact) mass is 329 g/mol. The number of methoxy groups -OCH3 is 2. The Morgan fingerprint density at radius 3 is 2.79 bits per heavy atom. The highest BCUT2D eigenvalue weighted by molar-refractivity contribution is 6.07. The Kier molecular flexibility index (Phi) is 6.07. The summed E-state index contributed by atoms with van der Waals surface area (Å²) in [5, 5.41) is 12.1. The van der Waals surface area contributed by atoms with Gasteiger partial charge in [0.1, 0.15) is 23.1 Å². The number of hydrogen-bond donors (Lipinski definition) is 1. The summed E-state index contributed by atoms with van der Waals surface area (Å²) in [6, 6.07) is 7.43. The molecule has 1 unspecified atom stereocenters. The molecule has 1 amide bonds. The van der Waals surface area contributed by atoms with Crippen LogP contribution in [0.1, 0.15) is 26.2 Å². The molecule has 128 valence electrons. The third kappa shape index (κ3) is 4.19. The lowest BCUT2D eigenvalue weighted by Gasteiger charge is -2.32. The normalized spacial score (nSPS) is 17.8. The molecule has 1 heterocycles. The van der Waals surface area contributed by atoms with Crippen LogP contribution >= 0.6 is 0 Å². The molecule has 1 aliphatic heterocycles. The van der Waals surface area contributed by atoms with Crippen molar-refractivity contribution >= 4 is 11.6 Å². The number of carbonyl (C=O) groups is 1. The summed E-state index contributed by atoms with van der Waals surface area (Å²) in [5.41, 5.74) is 0.545. The van der Waals surface area contributed by atoms with Gasteiger partial charge in [0, 0.05) is 24.9 Å². The van der Waals surface area contributed by atoms with E-state index in [4.69, 9.17) is 9.47 Å². The van der Waals surface area contributed by atoms with Gasteiger partial charge >= 0.3 is 0 Å². The van der Waals surface area contributed by atoms with E-state index in [0.29, 0.717) is 23.2 Å². The number of amides is 1. The second kappa shape index (κ2) is 8.25. The maximum atomic E-state index is 12.5. The molecule has 0 aromatic heterocycles. The molecule has 1 atom stereocenters. The standard InChI is InChI=1S/C18H23N3O3/c1-13-6-4-5-9-21(13)12-14(11-19)18(22)20-16-10-15(23-2)7-8-17(16)24-3/h7-8,10,12-13H,4-6,9H2,1-3H3,(H,20,22)/b14-12-. The largest absolute Gasteiger partial charge is 0.497 e. The first-order valence-corrected chi connectivity index (χ1v) is 8.00. The second-order valence-electron chi connectivity index (χ2n) is 5.76. The van der Waals surface area contributed by atoms with Crippen LogP contribution in [0.2, 0.25) is 0 Å². The maximum Gasteiger partial charge on any atom is 0.267 e. The van der Waals surface area contributed by atoms with Crippen molar-refractivity contribution in [1.82, 2.24) is 4.90 Å². The third-order valence-electron chi connectivity index (χ3n) is 4.17. The number of carbonyl (C=O) groups excluding carboxylic acids is 1. The van der Waals surface area contributed by atoms with Crippen LogP contribution in [0.25, 0.3) is 0 Å². The highest BCUT2D eigenvalue weighted by Crippen LogP contribution is 2.29. The number of likely N-dealkylation sites (tertiary alicyclic amines) is 1. The highest BCUT2D eigenvalue weighted by atomic mass is 16.5. The van der Waals surface area contributed by atoms with E-state index >= 15 is 0 Å². The number of nitrogens with one attached hydrogen (secondary N) is 1. The van der Waals surface area contributed by atoms with Gasteiger partial charge in [0.2, 0.25) is 0 Å². The molecule has 6 heteroatoms. The van der Waals surface area contributed by atoms with Crippen LogP contribution in [0.5, 0.6) is 11.5 Å². The van der Waals surface area contributed by atoms with Crippen molar-refractivity contribution in [2.75, 3.05) is 26.1 Å². The van der Waals surface area contributed by atoms with E-state index in [2.05, 4.69) is 17.1 Å². The predicted molar refractivity (Wildman–Crippen MR) is 91.9 cm³/mol. The van der Waals surface area contributed by atoms with Crippen molar-refractivity contribution in [3.63, 3.8) is 0 Å². The number of ether oxygens (including phenoxy) is 2. The van der Waals surface area contributed by atoms with Crippen molar-refractivity contribution in [2.45, 2.75) is 32.2 Å². The smallest absolute Gasteiger partial charge is 0.267 e. The van der Waals surface area contributed by atoms with Crippen LogP contribution in [-0.4, -0.2) is 37.6 Å². The van der Waals surface area contributed by atoms with Crippen molar-refractivity contribution in [3.8, 4) is 17.6 Å². The molecule has 0 bridgehead atoms. The van der Waals surface area contributed by atoms with E-state index in [1.807, 2.05) is 6.07 Å². The Bertz CT molecular complexity index is 664. The highest BCUT2D eigenvalue weighted by Gasteiger charge is 2.19. The zero-order valence-corrected chi connectivity index (χ0v) is 14.3. The molecule has 0 saturated carbocycles. The lowest BCUT2D eigenvalue weighted by molar-refractivity contribution is -0.112. The maximum absolute atomic E-state index is 12.5. The van der Waals surface area contributed by atoms with Gasteiger partial charge in [-0.2, -0.15) is 5.26 Å². The van der Waals surface area contributed by atoms with Gasteiger partial charge in [-0.25, -0.2) is 0 Å². The van der Waals surface area contributed by atoms with E-state index in [0.717, 1.165) is 19.4 Å². The fourth-order valence-corrected chi connectivity index (χ4v) is 2.72. The van der Waals surface area contributed by atoms with Gasteiger partial charge in [0.05, 0.1) is 19.9 Å². The van der Waals surface area contributed by atoms with Crippen LogP contribution in [0, 0.1) is 11.3 Å². The molecule has 1 aromatic rings.